The standard InChI is InChI=1S/C18H22N2OS.ClH/c1-12(16-10-13-4-2-3-5-15(13)22-16)20-17(21)14-11-18(14)6-8-19-9-7-18;/h2-5,10,12,14,19H,6-9,11H2,1H3,(H,20,21);1H. The Labute approximate surface area is 147 Å². The topological polar surface area (TPSA) is 41.1 Å². The second-order valence-corrected chi connectivity index (χ2v) is 7.90. The second-order valence-electron chi connectivity index (χ2n) is 6.79. The quantitative estimate of drug-likeness (QED) is 0.881. The van der Waals surface area contributed by atoms with Crippen LogP contribution in [0, 0.1) is 11.3 Å². The third kappa shape index (κ3) is 3.12. The van der Waals surface area contributed by atoms with Gasteiger partial charge in [-0.15, -0.1) is 23.7 Å². The average Bonchev–Trinajstić information content (AvgIpc) is 3.05. The van der Waals surface area contributed by atoms with Crippen LogP contribution in [0.4, 0.5) is 0 Å². The molecule has 2 N–H and O–H groups in total. The van der Waals surface area contributed by atoms with Crippen LogP contribution in [0.15, 0.2) is 30.3 Å². The largest absolute Gasteiger partial charge is 0.349 e. The zero-order valence-corrected chi connectivity index (χ0v) is 14.9. The van der Waals surface area contributed by atoms with E-state index in [-0.39, 0.29) is 30.3 Å². The summed E-state index contributed by atoms with van der Waals surface area (Å²) in [5.74, 6) is 0.498. The summed E-state index contributed by atoms with van der Waals surface area (Å²) >= 11 is 1.78. The van der Waals surface area contributed by atoms with Crippen molar-refractivity contribution in [3.05, 3.63) is 35.2 Å². The normalized spacial score (nSPS) is 23.3. The second kappa shape index (κ2) is 6.42. The van der Waals surface area contributed by atoms with Crippen molar-refractivity contribution >= 4 is 39.7 Å². The fourth-order valence-corrected chi connectivity index (χ4v) is 4.86. The van der Waals surface area contributed by atoms with Crippen molar-refractivity contribution in [2.24, 2.45) is 11.3 Å². The molecule has 0 radical (unpaired) electrons. The van der Waals surface area contributed by atoms with Crippen molar-refractivity contribution in [3.8, 4) is 0 Å². The van der Waals surface area contributed by atoms with Gasteiger partial charge in [-0.1, -0.05) is 18.2 Å². The van der Waals surface area contributed by atoms with Gasteiger partial charge in [-0.3, -0.25) is 4.79 Å². The highest BCUT2D eigenvalue weighted by Gasteiger charge is 2.57. The van der Waals surface area contributed by atoms with Gasteiger partial charge in [-0.25, -0.2) is 0 Å². The monoisotopic (exact) mass is 350 g/mol. The van der Waals surface area contributed by atoms with Gasteiger partial charge in [0.15, 0.2) is 0 Å². The van der Waals surface area contributed by atoms with Gasteiger partial charge in [0.2, 0.25) is 5.91 Å². The molecule has 1 aromatic heterocycles. The fourth-order valence-electron chi connectivity index (χ4n) is 3.80. The molecule has 2 atom stereocenters. The van der Waals surface area contributed by atoms with E-state index in [1.165, 1.54) is 15.0 Å². The molecule has 124 valence electrons. The van der Waals surface area contributed by atoms with Crippen molar-refractivity contribution in [2.75, 3.05) is 13.1 Å². The summed E-state index contributed by atoms with van der Waals surface area (Å²) in [4.78, 5) is 13.8. The molecular formula is C18H23ClN2OS. The molecule has 2 aliphatic rings. The van der Waals surface area contributed by atoms with Gasteiger partial charge in [0.05, 0.1) is 6.04 Å². The molecule has 1 amide bonds. The van der Waals surface area contributed by atoms with E-state index in [4.69, 9.17) is 0 Å². The van der Waals surface area contributed by atoms with Gasteiger partial charge in [-0.2, -0.15) is 0 Å². The molecule has 1 aliphatic heterocycles. The van der Waals surface area contributed by atoms with Crippen LogP contribution >= 0.6 is 23.7 Å². The van der Waals surface area contributed by atoms with Crippen LogP contribution < -0.4 is 10.6 Å². The first-order valence-electron chi connectivity index (χ1n) is 8.18. The predicted molar refractivity (Wildman–Crippen MR) is 98.3 cm³/mol. The zero-order valence-electron chi connectivity index (χ0n) is 13.3. The van der Waals surface area contributed by atoms with Crippen molar-refractivity contribution < 1.29 is 4.79 Å². The van der Waals surface area contributed by atoms with Crippen LogP contribution in [-0.4, -0.2) is 19.0 Å². The minimum Gasteiger partial charge on any atom is -0.349 e. The van der Waals surface area contributed by atoms with Gasteiger partial charge in [-0.05, 0) is 62.2 Å². The summed E-state index contributed by atoms with van der Waals surface area (Å²) in [6.07, 6.45) is 3.39. The molecule has 0 bridgehead atoms. The summed E-state index contributed by atoms with van der Waals surface area (Å²) in [5.41, 5.74) is 0.315. The van der Waals surface area contributed by atoms with Crippen molar-refractivity contribution in [3.63, 3.8) is 0 Å². The number of amides is 1. The Balaban J connectivity index is 0.00000156. The van der Waals surface area contributed by atoms with E-state index in [1.807, 2.05) is 0 Å². The lowest BCUT2D eigenvalue weighted by molar-refractivity contribution is -0.123. The Hall–Kier alpha value is -1.10. The number of hydrogen-bond donors (Lipinski definition) is 2. The summed E-state index contributed by atoms with van der Waals surface area (Å²) < 4.78 is 1.29. The predicted octanol–water partition coefficient (Wildman–Crippen LogP) is 3.89. The summed E-state index contributed by atoms with van der Waals surface area (Å²) in [5, 5.41) is 7.90. The van der Waals surface area contributed by atoms with Gasteiger partial charge in [0, 0.05) is 15.5 Å². The fraction of sp³-hybridized carbons (Fsp3) is 0.500. The van der Waals surface area contributed by atoms with Crippen LogP contribution in [-0.2, 0) is 4.79 Å². The minimum absolute atomic E-state index is 0. The highest BCUT2D eigenvalue weighted by molar-refractivity contribution is 7.19. The van der Waals surface area contributed by atoms with Gasteiger partial charge < -0.3 is 10.6 Å². The molecule has 4 rings (SSSR count). The lowest BCUT2D eigenvalue weighted by Gasteiger charge is -2.23. The molecule has 1 spiro atoms. The molecule has 3 nitrogen and oxygen atoms in total. The molecule has 5 heteroatoms. The van der Waals surface area contributed by atoms with Crippen molar-refractivity contribution in [1.29, 1.82) is 0 Å². The Kier molecular flexibility index (Phi) is 4.68. The van der Waals surface area contributed by atoms with Crippen LogP contribution in [0.5, 0.6) is 0 Å². The third-order valence-electron chi connectivity index (χ3n) is 5.34. The molecule has 1 saturated heterocycles. The molecule has 1 saturated carbocycles. The molecule has 2 aromatic rings. The number of carbonyl (C=O) groups is 1. The Morgan fingerprint density at radius 2 is 2.09 bits per heavy atom. The Bertz CT molecular complexity index is 675. The Morgan fingerprint density at radius 3 is 2.83 bits per heavy atom. The molecule has 1 aromatic carbocycles. The maximum absolute atomic E-state index is 12.6. The maximum atomic E-state index is 12.6. The van der Waals surface area contributed by atoms with E-state index in [0.717, 1.165) is 32.4 Å². The number of fused-ring (bicyclic) bond motifs is 1. The molecule has 2 heterocycles. The first-order valence-corrected chi connectivity index (χ1v) is 8.99. The van der Waals surface area contributed by atoms with E-state index in [9.17, 15) is 4.79 Å². The first-order chi connectivity index (χ1) is 10.7. The summed E-state index contributed by atoms with van der Waals surface area (Å²) in [6, 6.07) is 10.7. The molecule has 23 heavy (non-hydrogen) atoms. The van der Waals surface area contributed by atoms with Crippen LogP contribution in [0.2, 0.25) is 0 Å². The number of hydrogen-bond acceptors (Lipinski definition) is 3. The van der Waals surface area contributed by atoms with E-state index in [0.29, 0.717) is 5.41 Å². The van der Waals surface area contributed by atoms with Crippen molar-refractivity contribution in [2.45, 2.75) is 32.2 Å². The number of rotatable bonds is 3. The molecular weight excluding hydrogens is 328 g/mol. The minimum atomic E-state index is 0. The zero-order chi connectivity index (χ0) is 15.2. The number of benzene rings is 1. The maximum Gasteiger partial charge on any atom is 0.224 e. The lowest BCUT2D eigenvalue weighted by Crippen LogP contribution is -2.34. The van der Waals surface area contributed by atoms with Crippen LogP contribution in [0.25, 0.3) is 10.1 Å². The van der Waals surface area contributed by atoms with E-state index < -0.39 is 0 Å². The highest BCUT2D eigenvalue weighted by Crippen LogP contribution is 2.58. The average molecular weight is 351 g/mol. The SMILES string of the molecule is CC(NC(=O)C1CC12CCNCC2)c1cc2ccccc2s1.Cl. The third-order valence-corrected chi connectivity index (χ3v) is 6.63. The van der Waals surface area contributed by atoms with E-state index >= 15 is 0 Å². The van der Waals surface area contributed by atoms with Gasteiger partial charge in [0.25, 0.3) is 0 Å². The number of nitrogens with one attached hydrogen (secondary N) is 2. The molecule has 2 unspecified atom stereocenters. The summed E-state index contributed by atoms with van der Waals surface area (Å²) in [7, 11) is 0. The highest BCUT2D eigenvalue weighted by atomic mass is 35.5. The van der Waals surface area contributed by atoms with E-state index in [2.05, 4.69) is 47.9 Å². The van der Waals surface area contributed by atoms with Gasteiger partial charge in [0.1, 0.15) is 0 Å². The smallest absolute Gasteiger partial charge is 0.224 e. The summed E-state index contributed by atoms with van der Waals surface area (Å²) in [6.45, 7) is 4.23. The van der Waals surface area contributed by atoms with Crippen LogP contribution in [0.1, 0.15) is 37.1 Å². The Morgan fingerprint density at radius 1 is 1.35 bits per heavy atom. The van der Waals surface area contributed by atoms with E-state index in [1.54, 1.807) is 11.3 Å². The molecule has 2 fully saturated rings. The van der Waals surface area contributed by atoms with Gasteiger partial charge >= 0.3 is 0 Å². The number of halogens is 1. The van der Waals surface area contributed by atoms with Crippen LogP contribution in [0.3, 0.4) is 0 Å². The molecule has 1 aliphatic carbocycles. The number of piperidine rings is 1. The first kappa shape index (κ1) is 16.7. The number of carbonyl (C=O) groups excluding carboxylic acids is 1. The lowest BCUT2D eigenvalue weighted by atomic mass is 9.91. The number of thiophene rings is 1. The van der Waals surface area contributed by atoms with Crippen molar-refractivity contribution in [1.82, 2.24) is 10.6 Å².